The lowest BCUT2D eigenvalue weighted by molar-refractivity contribution is 0.0328. The van der Waals surface area contributed by atoms with E-state index in [1.807, 2.05) is 16.3 Å². The topological polar surface area (TPSA) is 76.4 Å². The summed E-state index contributed by atoms with van der Waals surface area (Å²) in [5, 5.41) is 11.4. The van der Waals surface area contributed by atoms with Gasteiger partial charge in [0.15, 0.2) is 5.13 Å². The average molecular weight is 360 g/mol. The van der Waals surface area contributed by atoms with Crippen LogP contribution in [-0.4, -0.2) is 63.3 Å². The second kappa shape index (κ2) is 5.98. The minimum absolute atomic E-state index is 0.0525. The van der Waals surface area contributed by atoms with E-state index in [-0.39, 0.29) is 18.2 Å². The van der Waals surface area contributed by atoms with Crippen LogP contribution in [-0.2, 0) is 4.74 Å². The molecule has 0 radical (unpaired) electrons. The second-order valence-electron chi connectivity index (χ2n) is 7.01. The van der Waals surface area contributed by atoms with Crippen LogP contribution in [0.15, 0.2) is 17.8 Å². The van der Waals surface area contributed by atoms with Crippen LogP contribution in [0.5, 0.6) is 0 Å². The Morgan fingerprint density at radius 2 is 2.12 bits per heavy atom. The first-order valence-corrected chi connectivity index (χ1v) is 9.66. The highest BCUT2D eigenvalue weighted by Crippen LogP contribution is 2.39. The molecule has 5 rings (SSSR count). The van der Waals surface area contributed by atoms with Gasteiger partial charge in [0.05, 0.1) is 18.3 Å². The van der Waals surface area contributed by atoms with Crippen molar-refractivity contribution in [1.29, 1.82) is 0 Å². The van der Waals surface area contributed by atoms with Crippen LogP contribution in [0.25, 0.3) is 0 Å². The number of hydrogen-bond donors (Lipinski definition) is 0. The smallest absolute Gasteiger partial charge is 0.410 e. The normalized spacial score (nSPS) is 23.8. The van der Waals surface area contributed by atoms with Crippen LogP contribution in [0.4, 0.5) is 9.93 Å². The molecule has 0 bridgehead atoms. The van der Waals surface area contributed by atoms with Crippen molar-refractivity contribution in [2.45, 2.75) is 37.3 Å². The first kappa shape index (κ1) is 15.1. The Labute approximate surface area is 149 Å². The molecular weight excluding hydrogens is 340 g/mol. The third-order valence-corrected chi connectivity index (χ3v) is 5.95. The molecule has 3 fully saturated rings. The summed E-state index contributed by atoms with van der Waals surface area (Å²) in [5.41, 5.74) is 1.09. The van der Waals surface area contributed by atoms with Gasteiger partial charge in [0, 0.05) is 49.7 Å². The molecule has 132 valence electrons. The molecule has 9 heteroatoms. The molecule has 1 amide bonds. The summed E-state index contributed by atoms with van der Waals surface area (Å²) in [6, 6.07) is 0.225. The van der Waals surface area contributed by atoms with Crippen molar-refractivity contribution in [2.24, 2.45) is 0 Å². The van der Waals surface area contributed by atoms with Crippen LogP contribution in [0.1, 0.15) is 36.9 Å². The fraction of sp³-hybridized carbons (Fsp3) is 0.625. The van der Waals surface area contributed by atoms with Gasteiger partial charge in [-0.3, -0.25) is 0 Å². The molecular formula is C16H20N6O2S. The molecule has 8 nitrogen and oxygen atoms in total. The molecule has 1 atom stereocenters. The van der Waals surface area contributed by atoms with Gasteiger partial charge in [-0.25, -0.2) is 14.5 Å². The molecule has 25 heavy (non-hydrogen) atoms. The number of aromatic nitrogens is 4. The van der Waals surface area contributed by atoms with Gasteiger partial charge < -0.3 is 14.5 Å². The van der Waals surface area contributed by atoms with Gasteiger partial charge >= 0.3 is 6.09 Å². The number of carbonyl (C=O) groups is 1. The monoisotopic (exact) mass is 360 g/mol. The molecule has 0 aromatic carbocycles. The summed E-state index contributed by atoms with van der Waals surface area (Å²) in [7, 11) is 0. The zero-order chi connectivity index (χ0) is 16.8. The van der Waals surface area contributed by atoms with E-state index >= 15 is 0 Å². The van der Waals surface area contributed by atoms with Crippen molar-refractivity contribution < 1.29 is 9.53 Å². The Morgan fingerprint density at radius 1 is 1.24 bits per heavy atom. The third kappa shape index (κ3) is 2.97. The average Bonchev–Trinajstić information content (AvgIpc) is 2.99. The van der Waals surface area contributed by atoms with E-state index in [0.717, 1.165) is 30.3 Å². The summed E-state index contributed by atoms with van der Waals surface area (Å²) < 4.78 is 7.56. The van der Waals surface area contributed by atoms with E-state index in [1.165, 1.54) is 12.8 Å². The highest BCUT2D eigenvalue weighted by atomic mass is 32.1. The van der Waals surface area contributed by atoms with Gasteiger partial charge in [-0.15, -0.1) is 16.4 Å². The zero-order valence-electron chi connectivity index (χ0n) is 13.8. The van der Waals surface area contributed by atoms with Gasteiger partial charge in [-0.2, -0.15) is 0 Å². The van der Waals surface area contributed by atoms with Gasteiger partial charge in [-0.1, -0.05) is 5.21 Å². The summed E-state index contributed by atoms with van der Waals surface area (Å²) >= 11 is 1.62. The number of ether oxygens (including phenoxy) is 1. The number of hydrogen-bond acceptors (Lipinski definition) is 7. The minimum atomic E-state index is -0.218. The quantitative estimate of drug-likeness (QED) is 0.829. The van der Waals surface area contributed by atoms with Crippen LogP contribution in [0.2, 0.25) is 0 Å². The molecule has 2 aromatic rings. The lowest BCUT2D eigenvalue weighted by Crippen LogP contribution is -2.51. The highest BCUT2D eigenvalue weighted by Gasteiger charge is 2.37. The first-order valence-electron chi connectivity index (χ1n) is 8.78. The lowest BCUT2D eigenvalue weighted by Gasteiger charge is -2.38. The molecule has 1 saturated carbocycles. The van der Waals surface area contributed by atoms with Crippen molar-refractivity contribution in [1.82, 2.24) is 24.9 Å². The number of thiazole rings is 1. The van der Waals surface area contributed by atoms with Gasteiger partial charge in [-0.05, 0) is 12.8 Å². The minimum Gasteiger partial charge on any atom is -0.444 e. The molecule has 0 spiro atoms. The van der Waals surface area contributed by atoms with E-state index in [2.05, 4.69) is 20.2 Å². The zero-order valence-corrected chi connectivity index (χ0v) is 14.6. The van der Waals surface area contributed by atoms with Crippen LogP contribution in [0, 0.1) is 0 Å². The molecule has 2 saturated heterocycles. The van der Waals surface area contributed by atoms with E-state index < -0.39 is 0 Å². The maximum Gasteiger partial charge on any atom is 0.410 e. The predicted octanol–water partition coefficient (Wildman–Crippen LogP) is 1.88. The highest BCUT2D eigenvalue weighted by molar-refractivity contribution is 7.13. The third-order valence-electron chi connectivity index (χ3n) is 5.12. The molecule has 0 N–H and O–H groups in total. The summed E-state index contributed by atoms with van der Waals surface area (Å²) in [5.74, 6) is 0.609. The molecule has 4 heterocycles. The van der Waals surface area contributed by atoms with Gasteiger partial charge in [0.1, 0.15) is 6.10 Å². The first-order chi connectivity index (χ1) is 12.3. The van der Waals surface area contributed by atoms with Crippen molar-refractivity contribution in [2.75, 3.05) is 31.1 Å². The fourth-order valence-corrected chi connectivity index (χ4v) is 4.07. The summed E-state index contributed by atoms with van der Waals surface area (Å²) in [6.07, 6.45) is 6.87. The summed E-state index contributed by atoms with van der Waals surface area (Å²) in [4.78, 5) is 20.5. The van der Waals surface area contributed by atoms with Gasteiger partial charge in [0.2, 0.25) is 0 Å². The van der Waals surface area contributed by atoms with Gasteiger partial charge in [0.25, 0.3) is 0 Å². The molecule has 2 aromatic heterocycles. The second-order valence-corrected chi connectivity index (χ2v) is 7.88. The molecule has 1 aliphatic carbocycles. The Bertz CT molecular complexity index is 753. The van der Waals surface area contributed by atoms with Crippen molar-refractivity contribution in [3.8, 4) is 0 Å². The Morgan fingerprint density at radius 3 is 2.88 bits per heavy atom. The van der Waals surface area contributed by atoms with E-state index in [4.69, 9.17) is 4.74 Å². The van der Waals surface area contributed by atoms with E-state index in [9.17, 15) is 4.79 Å². The molecule has 3 aliphatic rings. The number of amides is 1. The number of anilines is 1. The largest absolute Gasteiger partial charge is 0.444 e. The maximum atomic E-state index is 12.3. The SMILES string of the molecule is O=C(OC1CCN(c2nccs2)C1)N1CC(n2cc(C3CC3)nn2)C1. The van der Waals surface area contributed by atoms with Crippen LogP contribution >= 0.6 is 11.3 Å². The Balaban J connectivity index is 1.10. The fourth-order valence-electron chi connectivity index (χ4n) is 3.39. The summed E-state index contributed by atoms with van der Waals surface area (Å²) in [6.45, 7) is 2.91. The standard InChI is InChI=1S/C16H20N6O2S/c23-16(24-13-3-5-20(9-13)15-17-4-6-25-15)21-7-12(8-21)22-10-14(18-19-22)11-1-2-11/h4,6,10-13H,1-3,5,7-9H2. The number of carbonyl (C=O) groups excluding carboxylic acids is 1. The van der Waals surface area contributed by atoms with E-state index in [1.54, 1.807) is 22.4 Å². The number of nitrogens with zero attached hydrogens (tertiary/aromatic N) is 6. The van der Waals surface area contributed by atoms with Crippen molar-refractivity contribution in [3.05, 3.63) is 23.5 Å². The number of rotatable bonds is 4. The van der Waals surface area contributed by atoms with E-state index in [0.29, 0.717) is 19.0 Å². The molecule has 1 unspecified atom stereocenters. The van der Waals surface area contributed by atoms with Crippen LogP contribution < -0.4 is 4.90 Å². The molecule has 2 aliphatic heterocycles. The lowest BCUT2D eigenvalue weighted by atomic mass is 10.1. The number of likely N-dealkylation sites (tertiary alicyclic amines) is 1. The van der Waals surface area contributed by atoms with Crippen molar-refractivity contribution in [3.63, 3.8) is 0 Å². The maximum absolute atomic E-state index is 12.3. The Kier molecular flexibility index (Phi) is 3.61. The van der Waals surface area contributed by atoms with Crippen LogP contribution in [0.3, 0.4) is 0 Å². The predicted molar refractivity (Wildman–Crippen MR) is 91.8 cm³/mol. The van der Waals surface area contributed by atoms with Crippen molar-refractivity contribution >= 4 is 22.6 Å². The Hall–Kier alpha value is -2.16.